The Morgan fingerprint density at radius 2 is 0.856 bits per heavy atom. The zero-order valence-electron chi connectivity index (χ0n) is 60.0. The Hall–Kier alpha value is -6.28. The SMILES string of the molecule is CI.Nc1ccc(C=CC(=O)OCCCC(F)(F)F)cc1.O=C(C=Cc1ccc([N+](=O)[O-])cc1)OCCCC(F)(F)F.O=C(O)C=Cc1ccc([N+](=O)[O-])cc1.O=COC1CCC2C(=O)N(c3ccc(C=CC(=O)OCCCC(F)(F)F)cc3)C(=O)C2C1.O=COC1CCC2C(=O)OC(=O)C2C1.O=CO[O-].[Cl][Sn][Cl].[H-].[K+].[K+]. The van der Waals surface area contributed by atoms with E-state index in [-0.39, 0.29) is 191 Å². The van der Waals surface area contributed by atoms with Crippen molar-refractivity contribution >= 4 is 173 Å². The monoisotopic (exact) mass is 1890 g/mol. The Kier molecular flexibility index (Phi) is 56.3. The number of alkyl halides is 10. The van der Waals surface area contributed by atoms with Gasteiger partial charge in [0.1, 0.15) is 12.2 Å². The van der Waals surface area contributed by atoms with Crippen LogP contribution in [0.2, 0.25) is 0 Å². The van der Waals surface area contributed by atoms with E-state index in [1.807, 2.05) is 4.93 Å². The zero-order valence-corrected chi connectivity index (χ0v) is 71.7. The number of imide groups is 1. The third-order valence-electron chi connectivity index (χ3n) is 14.5. The molecule has 111 heavy (non-hydrogen) atoms. The second-order valence-corrected chi connectivity index (χ2v) is 26.3. The molecule has 6 atom stereocenters. The molecular formula is C68H70Cl2F9IK2N4O24Sn. The maximum atomic E-state index is 12.8. The van der Waals surface area contributed by atoms with Crippen LogP contribution in [0.4, 0.5) is 62.3 Å². The van der Waals surface area contributed by atoms with Gasteiger partial charge in [0.05, 0.1) is 59.0 Å². The van der Waals surface area contributed by atoms with E-state index < -0.39 is 120 Å². The first-order chi connectivity index (χ1) is 51.5. The van der Waals surface area contributed by atoms with E-state index in [1.54, 1.807) is 48.5 Å². The molecule has 2 saturated heterocycles. The number of cyclic esters (lactones) is 2. The van der Waals surface area contributed by atoms with Crippen LogP contribution in [-0.2, 0) is 86.0 Å². The smallest absolute Gasteiger partial charge is 1.00 e. The number of amides is 2. The number of esters is 5. The number of nitro groups is 2. The van der Waals surface area contributed by atoms with Crippen molar-refractivity contribution < 1.29 is 250 Å². The van der Waals surface area contributed by atoms with Crippen LogP contribution in [0.1, 0.15) is 101 Å². The number of nitrogen functional groups attached to an aromatic ring is 1. The Morgan fingerprint density at radius 3 is 1.18 bits per heavy atom. The molecule has 596 valence electrons. The molecule has 0 bridgehead atoms. The number of hydrogen-bond donors (Lipinski definition) is 2. The van der Waals surface area contributed by atoms with Gasteiger partial charge in [-0.15, -0.1) is 0 Å². The molecule has 2 heterocycles. The molecule has 28 nitrogen and oxygen atoms in total. The number of carbonyl (C=O) groups excluding carboxylic acids is 10. The maximum Gasteiger partial charge on any atom is 1.00 e. The summed E-state index contributed by atoms with van der Waals surface area (Å²) in [5.74, 6) is -6.43. The zero-order chi connectivity index (χ0) is 82.3. The van der Waals surface area contributed by atoms with Crippen molar-refractivity contribution in [3.8, 4) is 0 Å². The largest absolute Gasteiger partial charge is 1.00 e. The number of carbonyl (C=O) groups is 11. The van der Waals surface area contributed by atoms with Crippen LogP contribution in [0.15, 0.2) is 121 Å². The average Bonchev–Trinajstić information content (AvgIpc) is 1.61. The summed E-state index contributed by atoms with van der Waals surface area (Å²) in [6.07, 6.45) is -4.34. The van der Waals surface area contributed by atoms with Crippen LogP contribution in [0.5, 0.6) is 0 Å². The van der Waals surface area contributed by atoms with Crippen LogP contribution >= 0.6 is 40.4 Å². The molecule has 4 fully saturated rings. The van der Waals surface area contributed by atoms with Gasteiger partial charge in [-0.1, -0.05) is 46.9 Å². The van der Waals surface area contributed by atoms with Crippen LogP contribution in [0.25, 0.3) is 24.3 Å². The summed E-state index contributed by atoms with van der Waals surface area (Å²) < 4.78 is 135. The van der Waals surface area contributed by atoms with Gasteiger partial charge in [0.25, 0.3) is 30.8 Å². The van der Waals surface area contributed by atoms with Crippen molar-refractivity contribution in [2.75, 3.05) is 35.4 Å². The number of hydrogen-bond acceptors (Lipinski definition) is 24. The van der Waals surface area contributed by atoms with Gasteiger partial charge in [-0.2, -0.15) is 39.5 Å². The number of fused-ring (bicyclic) bond motifs is 2. The molecule has 2 amide bonds. The number of non-ortho nitro benzene ring substituents is 2. The molecule has 2 aliphatic carbocycles. The summed E-state index contributed by atoms with van der Waals surface area (Å²) in [6, 6.07) is 24.1. The number of aliphatic carboxylic acids is 1. The van der Waals surface area contributed by atoms with Gasteiger partial charge >= 0.3 is 194 Å². The molecule has 2 radical (unpaired) electrons. The third kappa shape index (κ3) is 47.2. The molecule has 8 rings (SSSR count). The molecule has 2 saturated carbocycles. The molecule has 4 aliphatic rings. The summed E-state index contributed by atoms with van der Waals surface area (Å²) >= 11 is 1.32. The number of ether oxygens (including phenoxy) is 6. The first kappa shape index (κ1) is 107. The fraction of sp³-hybridized carbons (Fsp3) is 0.368. The number of anilines is 2. The van der Waals surface area contributed by atoms with Gasteiger partial charge in [-0.3, -0.25) is 58.7 Å². The van der Waals surface area contributed by atoms with E-state index in [1.165, 1.54) is 78.9 Å². The van der Waals surface area contributed by atoms with E-state index in [4.69, 9.17) is 52.9 Å². The summed E-state index contributed by atoms with van der Waals surface area (Å²) in [5.41, 5.74) is 8.87. The number of nitro benzene ring substituents is 2. The molecule has 2 aliphatic heterocycles. The Morgan fingerprint density at radius 1 is 0.550 bits per heavy atom. The molecule has 4 aromatic rings. The van der Waals surface area contributed by atoms with Crippen LogP contribution < -0.4 is 119 Å². The minimum absolute atomic E-state index is 0. The van der Waals surface area contributed by atoms with E-state index in [0.29, 0.717) is 79.5 Å². The Labute approximate surface area is 745 Å². The fourth-order valence-electron chi connectivity index (χ4n) is 9.62. The minimum atomic E-state index is -4.29. The van der Waals surface area contributed by atoms with Gasteiger partial charge in [-0.25, -0.2) is 19.2 Å². The van der Waals surface area contributed by atoms with Gasteiger partial charge in [0.15, 0.2) is 0 Å². The summed E-state index contributed by atoms with van der Waals surface area (Å²) in [4.78, 5) is 147. The van der Waals surface area contributed by atoms with Crippen LogP contribution in [-0.4, -0.2) is 156 Å². The molecule has 3 N–H and O–H groups in total. The standard InChI is InChI=1S/C22H22F3NO6.C13H12F3NO4.C13H14F3NO2.C9H7NO4.C9H10O5.CH3I.CH2O3.2ClH.2K.Sn.H/c23-22(24,25)10-1-11-31-19(28)9-4-14-2-5-15(6-3-14)26-20(29)17-8-7-16(32-13-27)12-18(17)21(26)30;14-13(15,16)8-1-9-21-12(18)7-4-10-2-5-11(6-3-10)17(19)20;14-13(15,16)8-1-9-19-12(18)7-4-10-2-5-11(17)6-3-10;11-9(12)6-3-7-1-4-8(5-2-7)10(13)14;10-4-13-5-1-2-6-7(3-5)9(12)14-8(6)11;1-2;2-1-4-3;;;;;;/h2-6,9,13,16-18H,1,7-8,10-12H2;2-7H,1,8-9H2;2-7H,1,8-9,17H2;1-6H,(H,11,12);4-7H,1-3H2;1H3;1,3H;2*1H;;;;/q;;;;;;;;;2*+1;+2;-1/p-3. The number of benzene rings is 4. The van der Waals surface area contributed by atoms with Crippen molar-refractivity contribution in [3.63, 3.8) is 0 Å². The second-order valence-electron chi connectivity index (χ2n) is 22.1. The quantitative estimate of drug-likeness (QED) is 0.00573. The maximum absolute atomic E-state index is 12.8. The van der Waals surface area contributed by atoms with Crippen LogP contribution in [0, 0.1) is 43.9 Å². The molecule has 6 unspecified atom stereocenters. The van der Waals surface area contributed by atoms with E-state index >= 15 is 0 Å². The van der Waals surface area contributed by atoms with Crippen molar-refractivity contribution in [1.82, 2.24) is 0 Å². The predicted octanol–water partition coefficient (Wildman–Crippen LogP) is 6.40. The van der Waals surface area contributed by atoms with Gasteiger partial charge in [0.2, 0.25) is 11.8 Å². The van der Waals surface area contributed by atoms with Crippen molar-refractivity contribution in [2.45, 2.75) is 108 Å². The number of carboxylic acids is 1. The van der Waals surface area contributed by atoms with E-state index in [0.717, 1.165) is 28.7 Å². The Bertz CT molecular complexity index is 3730. The van der Waals surface area contributed by atoms with Crippen LogP contribution in [0.3, 0.4) is 0 Å². The number of halogens is 12. The second kappa shape index (κ2) is 58.5. The first-order valence-corrected chi connectivity index (χ1v) is 40.9. The van der Waals surface area contributed by atoms with Crippen molar-refractivity contribution in [1.29, 1.82) is 0 Å². The van der Waals surface area contributed by atoms with Gasteiger partial charge < -0.3 is 50.8 Å². The van der Waals surface area contributed by atoms with Gasteiger partial charge in [0, 0.05) is 73.5 Å². The number of nitrogens with zero attached hydrogens (tertiary/aromatic N) is 3. The van der Waals surface area contributed by atoms with E-state index in [9.17, 15) is 108 Å². The Balaban J connectivity index is -0.00000132. The number of nitrogens with two attached hydrogens (primary N) is 1. The van der Waals surface area contributed by atoms with Gasteiger partial charge in [-0.05, 0) is 158 Å². The molecule has 0 aromatic heterocycles. The fourth-order valence-corrected chi connectivity index (χ4v) is 9.62. The van der Waals surface area contributed by atoms with Crippen molar-refractivity contribution in [2.24, 2.45) is 23.7 Å². The molecule has 0 spiro atoms. The summed E-state index contributed by atoms with van der Waals surface area (Å²) in [6.45, 7) is -0.336. The summed E-state index contributed by atoms with van der Waals surface area (Å²) in [7, 11) is 9.87. The average molecular weight is 1890 g/mol. The van der Waals surface area contributed by atoms with E-state index in [2.05, 4.69) is 41.7 Å². The molecule has 43 heteroatoms. The molecular weight excluding hydrogens is 1820 g/mol. The predicted molar refractivity (Wildman–Crippen MR) is 379 cm³/mol. The number of rotatable bonds is 25. The summed E-state index contributed by atoms with van der Waals surface area (Å²) in [5, 5.41) is 37.5. The first-order valence-electron chi connectivity index (χ1n) is 31.5. The minimum Gasteiger partial charge on any atom is -1.00 e. The third-order valence-corrected chi connectivity index (χ3v) is 14.5. The topological polar surface area (TPSA) is 411 Å². The normalized spacial score (nSPS) is 17.2. The number of carboxylic acid groups (broad SMARTS) is 1. The van der Waals surface area contributed by atoms with Crippen molar-refractivity contribution in [3.05, 3.63) is 164 Å². The molecule has 4 aromatic carbocycles.